The Morgan fingerprint density at radius 2 is 2.06 bits per heavy atom. The molecule has 2 aliphatic rings. The summed E-state index contributed by atoms with van der Waals surface area (Å²) < 4.78 is 40.4. The van der Waals surface area contributed by atoms with Crippen LogP contribution in [0.2, 0.25) is 10.0 Å². The maximum Gasteiger partial charge on any atom is 0.434 e. The highest BCUT2D eigenvalue weighted by molar-refractivity contribution is 6.31. The Balaban J connectivity index is 1.38. The van der Waals surface area contributed by atoms with Crippen molar-refractivity contribution in [3.8, 4) is 0 Å². The van der Waals surface area contributed by atoms with E-state index in [9.17, 15) is 13.2 Å². The van der Waals surface area contributed by atoms with Crippen molar-refractivity contribution in [2.45, 2.75) is 37.6 Å². The van der Waals surface area contributed by atoms with E-state index in [4.69, 9.17) is 28.9 Å². The molecule has 0 spiro atoms. The van der Waals surface area contributed by atoms with Crippen LogP contribution in [0.1, 0.15) is 35.8 Å². The van der Waals surface area contributed by atoms with Crippen molar-refractivity contribution in [1.29, 1.82) is 0 Å². The Morgan fingerprint density at radius 1 is 1.25 bits per heavy atom. The SMILES string of the molecule is C[N+]1(CC2c3[nH]c4ccc(Cl)cc4c3CCN2CCNc2ccc(Cl)c(C(F)(F)F)n2)CCCC1N. The summed E-state index contributed by atoms with van der Waals surface area (Å²) in [4.78, 5) is 9.73. The Morgan fingerprint density at radius 3 is 2.78 bits per heavy atom. The number of aromatic amines is 1. The summed E-state index contributed by atoms with van der Waals surface area (Å²) in [6.07, 6.45) is -1.54. The van der Waals surface area contributed by atoms with E-state index in [1.165, 1.54) is 23.4 Å². The number of hydrogen-bond acceptors (Lipinski definition) is 4. The number of likely N-dealkylation sites (tertiary alicyclic amines) is 1. The summed E-state index contributed by atoms with van der Waals surface area (Å²) in [5.41, 5.74) is 8.99. The van der Waals surface area contributed by atoms with Gasteiger partial charge in [0.05, 0.1) is 18.6 Å². The van der Waals surface area contributed by atoms with E-state index in [2.05, 4.69) is 27.2 Å². The lowest BCUT2D eigenvalue weighted by Crippen LogP contribution is -2.57. The molecular weight excluding hydrogens is 512 g/mol. The predicted molar refractivity (Wildman–Crippen MR) is 137 cm³/mol. The predicted octanol–water partition coefficient (Wildman–Crippen LogP) is 5.43. The molecule has 6 nitrogen and oxygen atoms in total. The molecule has 0 amide bonds. The van der Waals surface area contributed by atoms with Gasteiger partial charge in [-0.15, -0.1) is 0 Å². The second-order valence-electron chi connectivity index (χ2n) is 10.1. The molecule has 11 heteroatoms. The summed E-state index contributed by atoms with van der Waals surface area (Å²) in [7, 11) is 2.22. The molecular formula is C25H30Cl2F3N6+. The first-order valence-corrected chi connectivity index (χ1v) is 12.9. The number of nitrogens with two attached hydrogens (primary N) is 1. The van der Waals surface area contributed by atoms with E-state index in [0.29, 0.717) is 18.1 Å². The fraction of sp³-hybridized carbons (Fsp3) is 0.480. The van der Waals surface area contributed by atoms with Crippen LogP contribution in [-0.2, 0) is 12.6 Å². The van der Waals surface area contributed by atoms with Crippen LogP contribution in [0.5, 0.6) is 0 Å². The highest BCUT2D eigenvalue weighted by atomic mass is 35.5. The van der Waals surface area contributed by atoms with Gasteiger partial charge in [-0.05, 0) is 42.3 Å². The summed E-state index contributed by atoms with van der Waals surface area (Å²) in [6, 6.07) is 8.72. The lowest BCUT2D eigenvalue weighted by atomic mass is 9.96. The van der Waals surface area contributed by atoms with Gasteiger partial charge in [0, 0.05) is 54.1 Å². The fourth-order valence-electron chi connectivity index (χ4n) is 5.69. The standard InChI is InChI=1S/C25H30Cl2F3N6/c1-36(12-2-3-21(36)31)14-20-23-16(17-13-15(26)4-6-19(17)33-23)8-10-35(20)11-9-32-22-7-5-18(27)24(34-22)25(28,29)30/h4-7,13,20-21,33H,2-3,8-12,14,31H2,1H3,(H,32,34)/q+1. The van der Waals surface area contributed by atoms with Crippen LogP contribution in [0.3, 0.4) is 0 Å². The second kappa shape index (κ2) is 9.68. The first-order chi connectivity index (χ1) is 17.0. The molecule has 1 aromatic carbocycles. The minimum atomic E-state index is -4.60. The van der Waals surface area contributed by atoms with Crippen molar-refractivity contribution >= 4 is 39.9 Å². The lowest BCUT2D eigenvalue weighted by Gasteiger charge is -2.42. The van der Waals surface area contributed by atoms with Gasteiger partial charge in [-0.1, -0.05) is 23.2 Å². The van der Waals surface area contributed by atoms with Crippen molar-refractivity contribution in [3.05, 3.63) is 57.3 Å². The van der Waals surface area contributed by atoms with Crippen LogP contribution in [0.4, 0.5) is 19.0 Å². The largest absolute Gasteiger partial charge is 0.434 e. The van der Waals surface area contributed by atoms with Gasteiger partial charge >= 0.3 is 6.18 Å². The molecule has 1 fully saturated rings. The molecule has 3 aromatic rings. The summed E-state index contributed by atoms with van der Waals surface area (Å²) in [5, 5.41) is 4.51. The van der Waals surface area contributed by atoms with Gasteiger partial charge in [0.15, 0.2) is 5.69 Å². The Hall–Kier alpha value is -2.04. The maximum absolute atomic E-state index is 13.2. The number of H-pyrrole nitrogens is 1. The van der Waals surface area contributed by atoms with E-state index < -0.39 is 16.9 Å². The number of fused-ring (bicyclic) bond motifs is 3. The number of aromatic nitrogens is 2. The van der Waals surface area contributed by atoms with Crippen LogP contribution in [0.25, 0.3) is 10.9 Å². The molecule has 5 rings (SSSR count). The van der Waals surface area contributed by atoms with Crippen LogP contribution in [0.15, 0.2) is 30.3 Å². The third-order valence-corrected chi connectivity index (χ3v) is 8.24. The molecule has 3 atom stereocenters. The number of anilines is 1. The first-order valence-electron chi connectivity index (χ1n) is 12.2. The zero-order valence-corrected chi connectivity index (χ0v) is 21.5. The van der Waals surface area contributed by atoms with Gasteiger partial charge in [0.1, 0.15) is 24.6 Å². The molecule has 194 valence electrons. The lowest BCUT2D eigenvalue weighted by molar-refractivity contribution is -0.923. The highest BCUT2D eigenvalue weighted by Gasteiger charge is 2.42. The molecule has 3 unspecified atom stereocenters. The van der Waals surface area contributed by atoms with E-state index in [1.807, 2.05) is 18.2 Å². The van der Waals surface area contributed by atoms with Gasteiger partial charge in [0.25, 0.3) is 0 Å². The number of hydrogen-bond donors (Lipinski definition) is 3. The number of quaternary nitrogens is 1. The zero-order chi connectivity index (χ0) is 25.7. The van der Waals surface area contributed by atoms with Crippen LogP contribution >= 0.6 is 23.2 Å². The van der Waals surface area contributed by atoms with Crippen LogP contribution in [0, 0.1) is 0 Å². The highest BCUT2D eigenvalue weighted by Crippen LogP contribution is 2.38. The summed E-state index contributed by atoms with van der Waals surface area (Å²) in [6.45, 7) is 3.79. The molecule has 4 heterocycles. The van der Waals surface area contributed by atoms with Crippen molar-refractivity contribution in [2.75, 3.05) is 45.1 Å². The zero-order valence-electron chi connectivity index (χ0n) is 20.0. The minimum Gasteiger partial charge on any atom is -0.369 e. The van der Waals surface area contributed by atoms with E-state index in [0.717, 1.165) is 54.3 Å². The number of halogens is 5. The van der Waals surface area contributed by atoms with E-state index in [1.54, 1.807) is 0 Å². The molecule has 0 aliphatic carbocycles. The molecule has 2 aliphatic heterocycles. The number of nitrogens with one attached hydrogen (secondary N) is 2. The van der Waals surface area contributed by atoms with Crippen LogP contribution in [-0.4, -0.2) is 65.3 Å². The number of pyridine rings is 1. The molecule has 2 aromatic heterocycles. The summed E-state index contributed by atoms with van der Waals surface area (Å²) in [5.74, 6) is 0.154. The van der Waals surface area contributed by atoms with Gasteiger partial charge in [-0.3, -0.25) is 10.6 Å². The normalized spacial score (nSPS) is 24.9. The quantitative estimate of drug-likeness (QED) is 0.364. The summed E-state index contributed by atoms with van der Waals surface area (Å²) >= 11 is 12.0. The molecule has 36 heavy (non-hydrogen) atoms. The smallest absolute Gasteiger partial charge is 0.369 e. The Labute approximate surface area is 218 Å². The number of likely N-dealkylation sites (N-methyl/N-ethyl adjacent to an activating group) is 1. The van der Waals surface area contributed by atoms with E-state index in [-0.39, 0.29) is 18.0 Å². The third kappa shape index (κ3) is 4.91. The van der Waals surface area contributed by atoms with Crippen molar-refractivity contribution < 1.29 is 17.7 Å². The molecule has 0 bridgehead atoms. The van der Waals surface area contributed by atoms with E-state index >= 15 is 0 Å². The molecule has 1 saturated heterocycles. The number of benzene rings is 1. The van der Waals surface area contributed by atoms with Gasteiger partial charge in [-0.2, -0.15) is 13.2 Å². The van der Waals surface area contributed by atoms with Crippen molar-refractivity contribution in [3.63, 3.8) is 0 Å². The van der Waals surface area contributed by atoms with Crippen molar-refractivity contribution in [1.82, 2.24) is 14.9 Å². The maximum atomic E-state index is 13.2. The number of nitrogens with zero attached hydrogens (tertiary/aromatic N) is 3. The van der Waals surface area contributed by atoms with Gasteiger partial charge < -0.3 is 14.8 Å². The molecule has 0 saturated carbocycles. The average Bonchev–Trinajstić information content (AvgIpc) is 3.34. The molecule has 4 N–H and O–H groups in total. The average molecular weight is 542 g/mol. The minimum absolute atomic E-state index is 0.0910. The van der Waals surface area contributed by atoms with Crippen molar-refractivity contribution in [2.24, 2.45) is 5.73 Å². The molecule has 0 radical (unpaired) electrons. The van der Waals surface area contributed by atoms with Gasteiger partial charge in [0.2, 0.25) is 0 Å². The fourth-order valence-corrected chi connectivity index (χ4v) is 6.08. The number of rotatable bonds is 6. The second-order valence-corrected chi connectivity index (χ2v) is 10.9. The first kappa shape index (κ1) is 25.6. The third-order valence-electron chi connectivity index (χ3n) is 7.70. The number of alkyl halides is 3. The Bertz CT molecular complexity index is 1260. The van der Waals surface area contributed by atoms with Gasteiger partial charge in [-0.25, -0.2) is 4.98 Å². The monoisotopic (exact) mass is 541 g/mol. The topological polar surface area (TPSA) is 70.0 Å². The Kier molecular flexibility index (Phi) is 6.89. The van der Waals surface area contributed by atoms with Crippen LogP contribution < -0.4 is 11.1 Å².